The first-order valence-corrected chi connectivity index (χ1v) is 5.73. The molecule has 5 atom stereocenters. The molecule has 2 bridgehead atoms. The number of hydrogen-bond donors (Lipinski definition) is 0. The van der Waals surface area contributed by atoms with Gasteiger partial charge in [-0.2, -0.15) is 0 Å². The van der Waals surface area contributed by atoms with Crippen LogP contribution in [0.5, 0.6) is 0 Å². The van der Waals surface area contributed by atoms with Gasteiger partial charge in [0.1, 0.15) is 11.7 Å². The van der Waals surface area contributed by atoms with Crippen molar-refractivity contribution in [3.8, 4) is 0 Å². The largest absolute Gasteiger partial charge is 0.468 e. The molecule has 2 saturated carbocycles. The lowest BCUT2D eigenvalue weighted by Gasteiger charge is -2.31. The fourth-order valence-corrected chi connectivity index (χ4v) is 3.37. The molecule has 2 aliphatic rings. The number of carbonyl (C=O) groups is 2. The van der Waals surface area contributed by atoms with Crippen LogP contribution in [0.3, 0.4) is 0 Å². The topological polar surface area (TPSA) is 52.6 Å². The molecule has 0 saturated heterocycles. The third-order valence-electron chi connectivity index (χ3n) is 4.30. The third-order valence-corrected chi connectivity index (χ3v) is 4.30. The number of carbonyl (C=O) groups excluding carboxylic acids is 2. The minimum Gasteiger partial charge on any atom is -0.468 e. The molecule has 0 amide bonds. The summed E-state index contributed by atoms with van der Waals surface area (Å²) in [5.41, 5.74) is 0. The van der Waals surface area contributed by atoms with Crippen molar-refractivity contribution in [2.45, 2.75) is 25.9 Å². The smallest absolute Gasteiger partial charge is 0.316 e. The maximum absolute atomic E-state index is 11.9. The van der Waals surface area contributed by atoms with E-state index in [0.717, 1.165) is 6.42 Å². The average Bonchev–Trinajstić information content (AvgIpc) is 2.48. The molecule has 2 rings (SSSR count). The summed E-state index contributed by atoms with van der Waals surface area (Å²) >= 11 is 0. The molecule has 0 radical (unpaired) electrons. The highest BCUT2D eigenvalue weighted by atomic mass is 16.5. The zero-order valence-corrected chi connectivity index (χ0v) is 9.93. The fourth-order valence-electron chi connectivity index (χ4n) is 3.37. The van der Waals surface area contributed by atoms with Crippen molar-refractivity contribution in [1.82, 2.24) is 0 Å². The number of esters is 1. The molecule has 16 heavy (non-hydrogen) atoms. The summed E-state index contributed by atoms with van der Waals surface area (Å²) in [5, 5.41) is 0. The summed E-state index contributed by atoms with van der Waals surface area (Å²) in [5.74, 6) is -0.160. The van der Waals surface area contributed by atoms with Crippen LogP contribution < -0.4 is 0 Å². The van der Waals surface area contributed by atoms with Crippen molar-refractivity contribution in [1.29, 1.82) is 0 Å². The van der Waals surface area contributed by atoms with Crippen LogP contribution >= 0.6 is 0 Å². The number of rotatable bonds is 2. The van der Waals surface area contributed by atoms with Crippen molar-refractivity contribution in [2.75, 3.05) is 14.2 Å². The van der Waals surface area contributed by atoms with Gasteiger partial charge in [-0.05, 0) is 24.2 Å². The molecule has 0 aromatic heterocycles. The van der Waals surface area contributed by atoms with Crippen molar-refractivity contribution >= 4 is 11.8 Å². The molecule has 1 unspecified atom stereocenters. The zero-order valence-electron chi connectivity index (χ0n) is 9.93. The van der Waals surface area contributed by atoms with Crippen LogP contribution in [0.15, 0.2) is 0 Å². The zero-order chi connectivity index (χ0) is 11.9. The Bertz CT molecular complexity index is 312. The third kappa shape index (κ3) is 1.56. The fraction of sp³-hybridized carbons (Fsp3) is 0.833. The molecule has 90 valence electrons. The average molecular weight is 226 g/mol. The maximum Gasteiger partial charge on any atom is 0.316 e. The van der Waals surface area contributed by atoms with Crippen molar-refractivity contribution in [2.24, 2.45) is 23.7 Å². The van der Waals surface area contributed by atoms with Crippen LogP contribution in [-0.4, -0.2) is 32.1 Å². The van der Waals surface area contributed by atoms with Crippen LogP contribution in [0.25, 0.3) is 0 Å². The molecule has 0 aromatic carbocycles. The van der Waals surface area contributed by atoms with Crippen molar-refractivity contribution < 1.29 is 19.1 Å². The van der Waals surface area contributed by atoms with Crippen LogP contribution in [0.1, 0.15) is 19.8 Å². The molecule has 2 fully saturated rings. The van der Waals surface area contributed by atoms with Gasteiger partial charge < -0.3 is 9.47 Å². The number of methoxy groups -OCH3 is 2. The minimum absolute atomic E-state index is 0.0273. The molecule has 2 aliphatic carbocycles. The van der Waals surface area contributed by atoms with Crippen LogP contribution in [0.4, 0.5) is 0 Å². The molecule has 4 nitrogen and oxygen atoms in total. The Hall–Kier alpha value is -0.900. The second-order valence-corrected chi connectivity index (χ2v) is 4.87. The molecule has 0 aromatic rings. The van der Waals surface area contributed by atoms with E-state index in [0.29, 0.717) is 12.3 Å². The Morgan fingerprint density at radius 2 is 2.00 bits per heavy atom. The first-order chi connectivity index (χ1) is 7.60. The van der Waals surface area contributed by atoms with Crippen molar-refractivity contribution in [3.63, 3.8) is 0 Å². The van der Waals surface area contributed by atoms with Gasteiger partial charge >= 0.3 is 5.97 Å². The van der Waals surface area contributed by atoms with Gasteiger partial charge in [0, 0.05) is 13.5 Å². The van der Waals surface area contributed by atoms with E-state index in [1.54, 1.807) is 7.11 Å². The van der Waals surface area contributed by atoms with Crippen molar-refractivity contribution in [3.05, 3.63) is 0 Å². The van der Waals surface area contributed by atoms with E-state index >= 15 is 0 Å². The van der Waals surface area contributed by atoms with Crippen LogP contribution in [0, 0.1) is 23.7 Å². The van der Waals surface area contributed by atoms with Gasteiger partial charge in [0.2, 0.25) is 0 Å². The summed E-state index contributed by atoms with van der Waals surface area (Å²) in [6.45, 7) is 2.11. The highest BCUT2D eigenvalue weighted by molar-refractivity contribution is 6.00. The number of ketones is 1. The standard InChI is InChI=1S/C12H18O4/c1-6-7-4-9(13)11(12(14)16-3)8(6)5-10(7)15-2/h6-8,10-11H,4-5H2,1-3H3/t6?,7-,8-,10-,11+/m0/s1. The van der Waals surface area contributed by atoms with Gasteiger partial charge in [0.05, 0.1) is 13.2 Å². The number of fused-ring (bicyclic) bond motifs is 2. The highest BCUT2D eigenvalue weighted by Gasteiger charge is 2.54. The van der Waals surface area contributed by atoms with Gasteiger partial charge in [-0.3, -0.25) is 9.59 Å². The lowest BCUT2D eigenvalue weighted by Crippen LogP contribution is -2.40. The number of ether oxygens (including phenoxy) is 2. The summed E-state index contributed by atoms with van der Waals surface area (Å²) in [6.07, 6.45) is 1.38. The van der Waals surface area contributed by atoms with Gasteiger partial charge in [-0.1, -0.05) is 6.92 Å². The Balaban J connectivity index is 2.24. The summed E-state index contributed by atoms with van der Waals surface area (Å²) < 4.78 is 10.1. The molecule has 4 heteroatoms. The Labute approximate surface area is 95.3 Å². The highest BCUT2D eigenvalue weighted by Crippen LogP contribution is 2.49. The minimum atomic E-state index is -0.559. The van der Waals surface area contributed by atoms with E-state index in [2.05, 4.69) is 6.92 Å². The van der Waals surface area contributed by atoms with Gasteiger partial charge in [-0.25, -0.2) is 0 Å². The van der Waals surface area contributed by atoms with Crippen LogP contribution in [-0.2, 0) is 19.1 Å². The van der Waals surface area contributed by atoms with E-state index in [-0.39, 0.29) is 29.7 Å². The molecule has 0 spiro atoms. The maximum atomic E-state index is 11.9. The Morgan fingerprint density at radius 1 is 1.31 bits per heavy atom. The first-order valence-electron chi connectivity index (χ1n) is 5.73. The number of hydrogen-bond acceptors (Lipinski definition) is 4. The number of Topliss-reactive ketones (excluding diaryl/α,β-unsaturated/α-hetero) is 1. The quantitative estimate of drug-likeness (QED) is 0.521. The molecule has 0 N–H and O–H groups in total. The van der Waals surface area contributed by atoms with E-state index in [1.165, 1.54) is 7.11 Å². The predicted molar refractivity (Wildman–Crippen MR) is 56.7 cm³/mol. The summed E-state index contributed by atoms with van der Waals surface area (Å²) in [6, 6.07) is 0. The normalized spacial score (nSPS) is 42.2. The molecular formula is C12H18O4. The summed E-state index contributed by atoms with van der Waals surface area (Å²) in [7, 11) is 3.02. The monoisotopic (exact) mass is 226 g/mol. The van der Waals surface area contributed by atoms with Gasteiger partial charge in [-0.15, -0.1) is 0 Å². The summed E-state index contributed by atoms with van der Waals surface area (Å²) in [4.78, 5) is 23.5. The Kier molecular flexibility index (Phi) is 3.02. The second-order valence-electron chi connectivity index (χ2n) is 4.87. The van der Waals surface area contributed by atoms with Crippen LogP contribution in [0.2, 0.25) is 0 Å². The van der Waals surface area contributed by atoms with Gasteiger partial charge in [0.15, 0.2) is 0 Å². The lowest BCUT2D eigenvalue weighted by molar-refractivity contribution is -0.154. The second kappa shape index (κ2) is 4.17. The predicted octanol–water partition coefficient (Wildman–Crippen LogP) is 1.04. The van der Waals surface area contributed by atoms with E-state index in [9.17, 15) is 9.59 Å². The Morgan fingerprint density at radius 3 is 2.56 bits per heavy atom. The molecule has 0 heterocycles. The van der Waals surface area contributed by atoms with Gasteiger partial charge in [0.25, 0.3) is 0 Å². The van der Waals surface area contributed by atoms with E-state index in [1.807, 2.05) is 0 Å². The first kappa shape index (κ1) is 11.6. The SMILES string of the molecule is COC(=O)[C@H]1C(=O)C[C@H]2C(C)[C@@H]1C[C@@H]2OC. The van der Waals surface area contributed by atoms with E-state index < -0.39 is 5.92 Å². The molecule has 0 aliphatic heterocycles. The van der Waals surface area contributed by atoms with E-state index in [4.69, 9.17) is 9.47 Å². The molecular weight excluding hydrogens is 208 g/mol. The lowest BCUT2D eigenvalue weighted by atomic mass is 9.72.